The van der Waals surface area contributed by atoms with Crippen LogP contribution in [0.25, 0.3) is 0 Å². The van der Waals surface area contributed by atoms with Crippen molar-refractivity contribution in [3.63, 3.8) is 0 Å². The fraction of sp³-hybridized carbons (Fsp3) is 0.118. The first-order chi connectivity index (χ1) is 28.4. The van der Waals surface area contributed by atoms with E-state index < -0.39 is 35.8 Å². The van der Waals surface area contributed by atoms with Crippen LogP contribution in [0.5, 0.6) is 0 Å². The number of H-pyrrole nitrogens is 4. The molecule has 5 aromatic rings. The van der Waals surface area contributed by atoms with Crippen LogP contribution in [0.1, 0.15) is 85.2 Å². The van der Waals surface area contributed by atoms with Crippen LogP contribution < -0.4 is 20.2 Å². The molecule has 62 heavy (non-hydrogen) atoms. The molecule has 2 aromatic heterocycles. The normalized spacial score (nSPS) is 10.1. The summed E-state index contributed by atoms with van der Waals surface area (Å²) in [5.41, 5.74) is 1.77. The van der Waals surface area contributed by atoms with Crippen molar-refractivity contribution < 1.29 is 69.4 Å². The van der Waals surface area contributed by atoms with Gasteiger partial charge in [0.05, 0.1) is 34.2 Å². The number of aromatic nitrogens is 4. The summed E-state index contributed by atoms with van der Waals surface area (Å²) in [5, 5.41) is 57.6. The van der Waals surface area contributed by atoms with Gasteiger partial charge in [0, 0.05) is 92.5 Å². The minimum absolute atomic E-state index is 0.0521. The molecule has 0 spiro atoms. The zero-order valence-electron chi connectivity index (χ0n) is 30.7. The number of halogens is 12. The number of hydrogen-bond acceptors (Lipinski definition) is 8. The molecule has 0 aliphatic heterocycles. The summed E-state index contributed by atoms with van der Waals surface area (Å²) in [4.78, 5) is 77.8. The van der Waals surface area contributed by atoms with Crippen LogP contribution in [0.15, 0.2) is 66.1 Å². The molecule has 16 nitrogen and oxygen atoms in total. The van der Waals surface area contributed by atoms with E-state index in [1.807, 2.05) is 40.1 Å². The van der Waals surface area contributed by atoms with Crippen molar-refractivity contribution in [3.05, 3.63) is 122 Å². The van der Waals surface area contributed by atoms with Gasteiger partial charge in [0.2, 0.25) is 11.6 Å². The number of benzene rings is 3. The van der Waals surface area contributed by atoms with Gasteiger partial charge >= 0.3 is 23.9 Å². The molecule has 0 unspecified atom stereocenters. The first-order valence-electron chi connectivity index (χ1n) is 15.4. The molecule has 28 heteroatoms. The van der Waals surface area contributed by atoms with Gasteiger partial charge in [-0.05, 0) is 191 Å². The third-order valence-electron chi connectivity index (χ3n) is 6.83. The van der Waals surface area contributed by atoms with E-state index in [9.17, 15) is 39.0 Å². The Morgan fingerprint density at radius 3 is 0.629 bits per heavy atom. The minimum atomic E-state index is -1.44. The SMILES string of the molecule is Cc1c[nH+]c(C)[nH]1.Cc1c[nH+]c(C)[nH]1.O=C(O)c1c(Br)c(Br)c(C(=O)O)c(Br)c1Br.O=C(O)c1c(Br)c(Br)c(C(=O)O)c(Br)c1Br.O=C([O-])c1c(Br)c(Br)c(C(=O)[O-])c(Br)c1Br. The number of aromatic carboxylic acids is 6. The van der Waals surface area contributed by atoms with Gasteiger partial charge in [-0.3, -0.25) is 0 Å². The van der Waals surface area contributed by atoms with Gasteiger partial charge < -0.3 is 40.2 Å². The highest BCUT2D eigenvalue weighted by atomic mass is 79.9. The van der Waals surface area contributed by atoms with Crippen molar-refractivity contribution in [3.8, 4) is 0 Å². The number of hydrogen-bond donors (Lipinski definition) is 6. The number of carbonyl (C=O) groups is 6. The second-order valence-corrected chi connectivity index (χ2v) is 20.8. The number of aryl methyl sites for hydroxylation is 4. The van der Waals surface area contributed by atoms with Crippen LogP contribution in [-0.2, 0) is 0 Å². The number of carboxylic acid groups (broad SMARTS) is 6. The molecule has 0 amide bonds. The van der Waals surface area contributed by atoms with Crippen molar-refractivity contribution in [2.24, 2.45) is 0 Å². The number of carboxylic acids is 6. The fourth-order valence-corrected chi connectivity index (χ4v) is 12.5. The van der Waals surface area contributed by atoms with Crippen LogP contribution >= 0.6 is 191 Å². The highest BCUT2D eigenvalue weighted by Gasteiger charge is 2.27. The van der Waals surface area contributed by atoms with E-state index in [1.165, 1.54) is 11.4 Å². The Balaban J connectivity index is 0.000000402. The van der Waals surface area contributed by atoms with Gasteiger partial charge in [-0.15, -0.1) is 0 Å². The zero-order valence-corrected chi connectivity index (χ0v) is 49.8. The summed E-state index contributed by atoms with van der Waals surface area (Å²) in [6, 6.07) is 0. The topological polar surface area (TPSA) is 289 Å². The lowest BCUT2D eigenvalue weighted by Gasteiger charge is -2.17. The van der Waals surface area contributed by atoms with Gasteiger partial charge in [0.1, 0.15) is 23.8 Å². The summed E-state index contributed by atoms with van der Waals surface area (Å²) < 4.78 is 1.67. The molecule has 0 bridgehead atoms. The van der Waals surface area contributed by atoms with Crippen molar-refractivity contribution in [1.82, 2.24) is 9.97 Å². The van der Waals surface area contributed by atoms with Gasteiger partial charge in [-0.2, -0.15) is 0 Å². The maximum absolute atomic E-state index is 11.0. The Hall–Kier alpha value is -1.34. The van der Waals surface area contributed by atoms with Crippen molar-refractivity contribution >= 4 is 227 Å². The lowest BCUT2D eigenvalue weighted by Crippen LogP contribution is -2.27. The molecule has 8 N–H and O–H groups in total. The molecule has 0 atom stereocenters. The molecule has 5 rings (SSSR count). The van der Waals surface area contributed by atoms with E-state index in [2.05, 4.69) is 211 Å². The largest absolute Gasteiger partial charge is 0.545 e. The molecule has 2 heterocycles. The van der Waals surface area contributed by atoms with Crippen molar-refractivity contribution in [1.29, 1.82) is 0 Å². The number of nitrogens with one attached hydrogen (secondary N) is 4. The predicted octanol–water partition coefficient (Wildman–Crippen LogP) is 10.6. The van der Waals surface area contributed by atoms with Crippen molar-refractivity contribution in [2.75, 3.05) is 0 Å². The number of aromatic amines is 4. The Kier molecular flexibility index (Phi) is 24.7. The van der Waals surface area contributed by atoms with Gasteiger partial charge in [0.15, 0.2) is 0 Å². The number of imidazole rings is 2. The lowest BCUT2D eigenvalue weighted by molar-refractivity contribution is -0.386. The Bertz CT molecular complexity index is 2090. The standard InChI is InChI=1S/3C8H2Br4O4.2C5H8N2/c3*9-3-1(7(13)14)4(10)6(12)2(5(3)11)8(15)16;2*1-4-3-6-5(2)7-4/h3*(H,13,14)(H,15,16);2*3H,1-2H3,(H,6,7). The lowest BCUT2D eigenvalue weighted by atomic mass is 10.1. The minimum Gasteiger partial charge on any atom is -0.545 e. The molecule has 0 fully saturated rings. The second-order valence-electron chi connectivity index (χ2n) is 11.3. The molecule has 0 aliphatic rings. The zero-order chi connectivity index (χ0) is 48.4. The monoisotopic (exact) mass is 1630 g/mol. The van der Waals surface area contributed by atoms with Gasteiger partial charge in [0.25, 0.3) is 0 Å². The molecule has 334 valence electrons. The highest BCUT2D eigenvalue weighted by Crippen LogP contribution is 2.44. The number of carbonyl (C=O) groups excluding carboxylic acids is 2. The average Bonchev–Trinajstić information content (AvgIpc) is 3.73. The summed E-state index contributed by atoms with van der Waals surface area (Å²) in [5.74, 6) is -5.34. The predicted molar refractivity (Wildman–Crippen MR) is 262 cm³/mol. The molecule has 3 aromatic carbocycles. The third-order valence-corrected chi connectivity index (χ3v) is 19.5. The van der Waals surface area contributed by atoms with Crippen LogP contribution in [0.2, 0.25) is 0 Å². The third kappa shape index (κ3) is 15.4. The highest BCUT2D eigenvalue weighted by molar-refractivity contribution is 9.15. The summed E-state index contributed by atoms with van der Waals surface area (Å²) >= 11 is 36.2. The van der Waals surface area contributed by atoms with E-state index in [-0.39, 0.29) is 87.1 Å². The van der Waals surface area contributed by atoms with E-state index in [0.717, 1.165) is 11.6 Å². The van der Waals surface area contributed by atoms with Crippen molar-refractivity contribution in [2.45, 2.75) is 27.7 Å². The van der Waals surface area contributed by atoms with Crippen LogP contribution in [0.3, 0.4) is 0 Å². The maximum atomic E-state index is 11.0. The Morgan fingerprint density at radius 2 is 0.548 bits per heavy atom. The van der Waals surface area contributed by atoms with Crippen LogP contribution in [-0.4, -0.2) is 66.2 Å². The quantitative estimate of drug-likeness (QED) is 0.0866. The first kappa shape index (κ1) is 58.7. The maximum Gasteiger partial charge on any atom is 0.338 e. The number of rotatable bonds is 6. The second kappa shape index (κ2) is 26.1. The van der Waals surface area contributed by atoms with E-state index in [4.69, 9.17) is 20.4 Å². The molecular formula is C34H22Br12N4O12. The Labute approximate surface area is 450 Å². The molecule has 0 aliphatic carbocycles. The summed E-state index contributed by atoms with van der Waals surface area (Å²) in [6.45, 7) is 8.02. The molecular weight excluding hydrogens is 1620 g/mol. The smallest absolute Gasteiger partial charge is 0.338 e. The van der Waals surface area contributed by atoms with Crippen LogP contribution in [0, 0.1) is 27.7 Å². The molecule has 0 radical (unpaired) electrons. The Morgan fingerprint density at radius 1 is 0.387 bits per heavy atom. The average molecular weight is 1640 g/mol. The fourth-order valence-electron chi connectivity index (χ4n) is 4.17. The van der Waals surface area contributed by atoms with E-state index >= 15 is 0 Å². The van der Waals surface area contributed by atoms with Crippen LogP contribution in [0.4, 0.5) is 0 Å². The summed E-state index contributed by atoms with van der Waals surface area (Å²) in [6.07, 6.45) is 3.88. The molecule has 0 saturated heterocycles. The molecule has 0 saturated carbocycles. The van der Waals surface area contributed by atoms with Gasteiger partial charge in [-0.1, -0.05) is 0 Å². The first-order valence-corrected chi connectivity index (χ1v) is 25.0. The summed E-state index contributed by atoms with van der Waals surface area (Å²) in [7, 11) is 0. The van der Waals surface area contributed by atoms with Gasteiger partial charge in [-0.25, -0.2) is 39.1 Å². The van der Waals surface area contributed by atoms with E-state index in [1.54, 1.807) is 0 Å². The van der Waals surface area contributed by atoms with E-state index in [0.29, 0.717) is 0 Å².